The highest BCUT2D eigenvalue weighted by Gasteiger charge is 2.08. The van der Waals surface area contributed by atoms with Gasteiger partial charge in [0, 0.05) is 20.1 Å². The van der Waals surface area contributed by atoms with Gasteiger partial charge in [0.05, 0.1) is 17.4 Å². The van der Waals surface area contributed by atoms with Crippen molar-refractivity contribution in [2.45, 2.75) is 26.0 Å². The highest BCUT2D eigenvalue weighted by atomic mass is 16.3. The quantitative estimate of drug-likeness (QED) is 0.802. The Hall–Kier alpha value is -1.57. The van der Waals surface area contributed by atoms with Crippen molar-refractivity contribution in [3.8, 4) is 6.07 Å². The highest BCUT2D eigenvalue weighted by Crippen LogP contribution is 2.20. The molecule has 0 aliphatic rings. The third kappa shape index (κ3) is 3.74. The molecule has 0 amide bonds. The van der Waals surface area contributed by atoms with Gasteiger partial charge in [-0.1, -0.05) is 6.07 Å². The summed E-state index contributed by atoms with van der Waals surface area (Å²) in [5.41, 5.74) is 8.00. The Balaban J connectivity index is 2.86. The van der Waals surface area contributed by atoms with Crippen molar-refractivity contribution in [3.63, 3.8) is 0 Å². The Bertz CT molecular complexity index is 410. The maximum absolute atomic E-state index is 9.25. The lowest BCUT2D eigenvalue weighted by atomic mass is 10.1. The van der Waals surface area contributed by atoms with E-state index in [4.69, 9.17) is 11.0 Å². The van der Waals surface area contributed by atoms with Crippen molar-refractivity contribution in [2.75, 3.05) is 18.5 Å². The van der Waals surface area contributed by atoms with Crippen LogP contribution in [0.25, 0.3) is 0 Å². The van der Waals surface area contributed by atoms with Crippen molar-refractivity contribution in [1.82, 2.24) is 0 Å². The van der Waals surface area contributed by atoms with E-state index in [1.807, 2.05) is 30.1 Å². The number of rotatable bonds is 5. The van der Waals surface area contributed by atoms with E-state index in [0.717, 1.165) is 11.3 Å². The minimum absolute atomic E-state index is 0.327. The molecule has 0 aromatic heterocycles. The van der Waals surface area contributed by atoms with Crippen LogP contribution < -0.4 is 10.6 Å². The normalized spacial score (nSPS) is 11.9. The molecule has 1 atom stereocenters. The molecule has 0 saturated carbocycles. The number of aliphatic hydroxyl groups is 1. The van der Waals surface area contributed by atoms with Crippen LogP contribution in [0.15, 0.2) is 18.2 Å². The Labute approximate surface area is 102 Å². The number of hydrogen-bond acceptors (Lipinski definition) is 4. The SMILES string of the molecule is CC(O)CCN(C)c1ccc(CN)cc1C#N. The van der Waals surface area contributed by atoms with Crippen molar-refractivity contribution in [1.29, 1.82) is 5.26 Å². The highest BCUT2D eigenvalue weighted by molar-refractivity contribution is 5.60. The summed E-state index contributed by atoms with van der Waals surface area (Å²) in [6.45, 7) is 2.91. The summed E-state index contributed by atoms with van der Waals surface area (Å²) < 4.78 is 0. The molecule has 0 fully saturated rings. The molecule has 1 rings (SSSR count). The van der Waals surface area contributed by atoms with Crippen molar-refractivity contribution in [2.24, 2.45) is 5.73 Å². The maximum Gasteiger partial charge on any atom is 0.101 e. The number of nitriles is 1. The molecule has 0 heterocycles. The van der Waals surface area contributed by atoms with E-state index in [1.165, 1.54) is 0 Å². The van der Waals surface area contributed by atoms with Crippen molar-refractivity contribution in [3.05, 3.63) is 29.3 Å². The number of benzene rings is 1. The molecule has 0 spiro atoms. The zero-order valence-corrected chi connectivity index (χ0v) is 10.3. The molecule has 1 aromatic rings. The molecule has 4 heteroatoms. The van der Waals surface area contributed by atoms with Gasteiger partial charge in [0.15, 0.2) is 0 Å². The Kier molecular flexibility index (Phi) is 4.95. The predicted octanol–water partition coefficient (Wildman–Crippen LogP) is 1.22. The molecule has 0 aliphatic heterocycles. The van der Waals surface area contributed by atoms with Crippen molar-refractivity contribution < 1.29 is 5.11 Å². The maximum atomic E-state index is 9.25. The molecule has 3 N–H and O–H groups in total. The average molecular weight is 233 g/mol. The van der Waals surface area contributed by atoms with Gasteiger partial charge in [-0.25, -0.2) is 0 Å². The fourth-order valence-corrected chi connectivity index (χ4v) is 1.63. The number of aliphatic hydroxyl groups excluding tert-OH is 1. The van der Waals surface area contributed by atoms with Crippen LogP contribution in [-0.4, -0.2) is 24.8 Å². The summed E-state index contributed by atoms with van der Waals surface area (Å²) in [5.74, 6) is 0. The number of nitrogens with two attached hydrogens (primary N) is 1. The van der Waals surface area contributed by atoms with Crippen LogP contribution in [0, 0.1) is 11.3 Å². The molecular weight excluding hydrogens is 214 g/mol. The van der Waals surface area contributed by atoms with Gasteiger partial charge in [-0.2, -0.15) is 5.26 Å². The fraction of sp³-hybridized carbons (Fsp3) is 0.462. The van der Waals surface area contributed by atoms with E-state index >= 15 is 0 Å². The van der Waals surface area contributed by atoms with Gasteiger partial charge in [-0.05, 0) is 31.0 Å². The molecule has 0 saturated heterocycles. The lowest BCUT2D eigenvalue weighted by Crippen LogP contribution is -2.22. The first-order valence-corrected chi connectivity index (χ1v) is 5.70. The minimum Gasteiger partial charge on any atom is -0.393 e. The zero-order valence-electron chi connectivity index (χ0n) is 10.3. The smallest absolute Gasteiger partial charge is 0.101 e. The summed E-state index contributed by atoms with van der Waals surface area (Å²) in [5, 5.41) is 18.3. The second kappa shape index (κ2) is 6.24. The lowest BCUT2D eigenvalue weighted by molar-refractivity contribution is 0.187. The van der Waals surface area contributed by atoms with Crippen molar-refractivity contribution >= 4 is 5.69 Å². The molecule has 0 radical (unpaired) electrons. The zero-order chi connectivity index (χ0) is 12.8. The number of nitrogens with zero attached hydrogens (tertiary/aromatic N) is 2. The van der Waals surface area contributed by atoms with Crippen LogP contribution in [0.1, 0.15) is 24.5 Å². The third-order valence-electron chi connectivity index (χ3n) is 2.71. The van der Waals surface area contributed by atoms with E-state index in [1.54, 1.807) is 6.92 Å². The summed E-state index contributed by atoms with van der Waals surface area (Å²) in [7, 11) is 1.92. The molecule has 0 bridgehead atoms. The molecule has 1 aromatic carbocycles. The Morgan fingerprint density at radius 2 is 2.24 bits per heavy atom. The standard InChI is InChI=1S/C13H19N3O/c1-10(17)5-6-16(2)13-4-3-11(8-14)7-12(13)9-15/h3-4,7,10,17H,5-6,8,14H2,1-2H3. The second-order valence-corrected chi connectivity index (χ2v) is 4.23. The monoisotopic (exact) mass is 233 g/mol. The largest absolute Gasteiger partial charge is 0.393 e. The number of anilines is 1. The van der Waals surface area contributed by atoms with Crippen LogP contribution in [0.4, 0.5) is 5.69 Å². The van der Waals surface area contributed by atoms with E-state index < -0.39 is 0 Å². The van der Waals surface area contributed by atoms with Crippen LogP contribution in [0.3, 0.4) is 0 Å². The topological polar surface area (TPSA) is 73.3 Å². The van der Waals surface area contributed by atoms with E-state index in [2.05, 4.69) is 6.07 Å². The van der Waals surface area contributed by atoms with Gasteiger partial charge in [0.25, 0.3) is 0 Å². The molecule has 4 nitrogen and oxygen atoms in total. The summed E-state index contributed by atoms with van der Waals surface area (Å²) in [6.07, 6.45) is 0.353. The molecular formula is C13H19N3O. The molecule has 92 valence electrons. The van der Waals surface area contributed by atoms with Gasteiger partial charge in [0.1, 0.15) is 6.07 Å². The van der Waals surface area contributed by atoms with Crippen LogP contribution >= 0.6 is 0 Å². The lowest BCUT2D eigenvalue weighted by Gasteiger charge is -2.21. The minimum atomic E-state index is -0.327. The Morgan fingerprint density at radius 1 is 1.53 bits per heavy atom. The third-order valence-corrected chi connectivity index (χ3v) is 2.71. The van der Waals surface area contributed by atoms with Crippen LogP contribution in [-0.2, 0) is 6.54 Å². The first-order chi connectivity index (χ1) is 8.08. The van der Waals surface area contributed by atoms with E-state index in [-0.39, 0.29) is 6.10 Å². The van der Waals surface area contributed by atoms with Gasteiger partial charge >= 0.3 is 0 Å². The van der Waals surface area contributed by atoms with E-state index in [0.29, 0.717) is 25.1 Å². The molecule has 0 aliphatic carbocycles. The van der Waals surface area contributed by atoms with Gasteiger partial charge in [-0.3, -0.25) is 0 Å². The number of hydrogen-bond donors (Lipinski definition) is 2. The van der Waals surface area contributed by atoms with Crippen LogP contribution in [0.5, 0.6) is 0 Å². The fourth-order valence-electron chi connectivity index (χ4n) is 1.63. The average Bonchev–Trinajstić information content (AvgIpc) is 2.34. The van der Waals surface area contributed by atoms with Gasteiger partial charge in [-0.15, -0.1) is 0 Å². The van der Waals surface area contributed by atoms with Gasteiger partial charge in [0.2, 0.25) is 0 Å². The van der Waals surface area contributed by atoms with Gasteiger partial charge < -0.3 is 15.7 Å². The van der Waals surface area contributed by atoms with Crippen LogP contribution in [0.2, 0.25) is 0 Å². The first kappa shape index (κ1) is 13.5. The summed E-state index contributed by atoms with van der Waals surface area (Å²) in [4.78, 5) is 1.98. The molecule has 1 unspecified atom stereocenters. The summed E-state index contributed by atoms with van der Waals surface area (Å²) >= 11 is 0. The first-order valence-electron chi connectivity index (χ1n) is 5.70. The predicted molar refractivity (Wildman–Crippen MR) is 68.6 cm³/mol. The Morgan fingerprint density at radius 3 is 2.76 bits per heavy atom. The molecule has 17 heavy (non-hydrogen) atoms. The summed E-state index contributed by atoms with van der Waals surface area (Å²) in [6, 6.07) is 7.82. The second-order valence-electron chi connectivity index (χ2n) is 4.23. The van der Waals surface area contributed by atoms with E-state index in [9.17, 15) is 5.11 Å².